The summed E-state index contributed by atoms with van der Waals surface area (Å²) in [6.45, 7) is -0.432. The molecule has 0 amide bonds. The Kier molecular flexibility index (Phi) is 3.08. The normalized spacial score (nSPS) is 28.6. The van der Waals surface area contributed by atoms with Gasteiger partial charge in [-0.3, -0.25) is 4.57 Å². The minimum absolute atomic E-state index is 0.0134. The van der Waals surface area contributed by atoms with E-state index in [1.165, 1.54) is 17.2 Å². The van der Waals surface area contributed by atoms with Crippen molar-refractivity contribution >= 4 is 17.0 Å². The second kappa shape index (κ2) is 4.78. The number of nitrogen functional groups attached to an aromatic ring is 1. The van der Waals surface area contributed by atoms with Crippen LogP contribution in [-0.2, 0) is 4.74 Å². The van der Waals surface area contributed by atoms with E-state index in [9.17, 15) is 9.50 Å². The van der Waals surface area contributed by atoms with Crippen molar-refractivity contribution in [3.8, 4) is 0 Å². The van der Waals surface area contributed by atoms with Crippen LogP contribution >= 0.6 is 0 Å². The maximum Gasteiger partial charge on any atom is 0.167 e. The Morgan fingerprint density at radius 2 is 2.25 bits per heavy atom. The molecule has 0 spiro atoms. The quantitative estimate of drug-likeness (QED) is 0.679. The van der Waals surface area contributed by atoms with Crippen LogP contribution < -0.4 is 5.73 Å². The van der Waals surface area contributed by atoms with Gasteiger partial charge in [0.25, 0.3) is 0 Å². The van der Waals surface area contributed by atoms with Gasteiger partial charge in [0, 0.05) is 5.57 Å². The summed E-state index contributed by atoms with van der Waals surface area (Å²) in [5.74, 6) is 0.191. The van der Waals surface area contributed by atoms with Gasteiger partial charge in [-0.05, 0) is 0 Å². The van der Waals surface area contributed by atoms with Gasteiger partial charge < -0.3 is 20.7 Å². The molecule has 3 rings (SSSR count). The fraction of sp³-hybridized carbons (Fsp3) is 0.364. The largest absolute Gasteiger partial charge is 0.394 e. The van der Waals surface area contributed by atoms with Crippen LogP contribution in [-0.4, -0.2) is 48.5 Å². The summed E-state index contributed by atoms with van der Waals surface area (Å²) in [5.41, 5.74) is 6.37. The van der Waals surface area contributed by atoms with Crippen LogP contribution in [0.1, 0.15) is 6.23 Å². The predicted octanol–water partition coefficient (Wildman–Crippen LogP) is -0.488. The Labute approximate surface area is 112 Å². The molecule has 0 aliphatic carbocycles. The lowest BCUT2D eigenvalue weighted by Crippen LogP contribution is -2.25. The number of rotatable bonds is 2. The van der Waals surface area contributed by atoms with Crippen LogP contribution in [0.4, 0.5) is 10.2 Å². The van der Waals surface area contributed by atoms with Gasteiger partial charge in [0.2, 0.25) is 0 Å². The van der Waals surface area contributed by atoms with E-state index in [1.54, 1.807) is 0 Å². The maximum atomic E-state index is 13.0. The van der Waals surface area contributed by atoms with E-state index in [-0.39, 0.29) is 17.7 Å². The topological polar surface area (TPSA) is 119 Å². The van der Waals surface area contributed by atoms with Crippen molar-refractivity contribution in [3.05, 3.63) is 24.6 Å². The standard InChI is InChI=1S/C11H12FN5O3/c12-1-5-8(19)6(2-18)20-11(5)17-4-16-7-9(13)14-3-15-10(7)17/h1,3-4,6,8,11,18-19H,2H2,(H2,13,14,15)/t6-,8+,11-/m1/s1. The number of imidazole rings is 1. The molecule has 8 nitrogen and oxygen atoms in total. The molecular formula is C11H12FN5O3. The molecular weight excluding hydrogens is 269 g/mol. The van der Waals surface area contributed by atoms with Crippen LogP contribution in [0.2, 0.25) is 0 Å². The van der Waals surface area contributed by atoms with Gasteiger partial charge in [-0.15, -0.1) is 0 Å². The third-order valence-electron chi connectivity index (χ3n) is 3.23. The first-order valence-electron chi connectivity index (χ1n) is 5.85. The Hall–Kier alpha value is -2.10. The first-order valence-corrected chi connectivity index (χ1v) is 5.85. The molecule has 2 aromatic rings. The van der Waals surface area contributed by atoms with Gasteiger partial charge in [0.1, 0.15) is 24.1 Å². The SMILES string of the molecule is Nc1ncnc2c1ncn2[C@@H]1O[C@H](CO)[C@@H](O)C1=CF. The molecule has 1 fully saturated rings. The van der Waals surface area contributed by atoms with Crippen molar-refractivity contribution in [3.63, 3.8) is 0 Å². The summed E-state index contributed by atoms with van der Waals surface area (Å²) in [5, 5.41) is 19.0. The van der Waals surface area contributed by atoms with E-state index in [4.69, 9.17) is 15.6 Å². The Morgan fingerprint density at radius 3 is 2.95 bits per heavy atom. The summed E-state index contributed by atoms with van der Waals surface area (Å²) in [6, 6.07) is 0. The third kappa shape index (κ3) is 1.75. The molecule has 1 saturated heterocycles. The number of fused-ring (bicyclic) bond motifs is 1. The molecule has 3 heterocycles. The monoisotopic (exact) mass is 281 g/mol. The highest BCUT2D eigenvalue weighted by molar-refractivity contribution is 5.81. The Morgan fingerprint density at radius 1 is 1.45 bits per heavy atom. The van der Waals surface area contributed by atoms with Gasteiger partial charge in [0.15, 0.2) is 17.7 Å². The Bertz CT molecular complexity index is 673. The van der Waals surface area contributed by atoms with Crippen molar-refractivity contribution in [2.45, 2.75) is 18.4 Å². The van der Waals surface area contributed by atoms with Crippen LogP contribution in [0.15, 0.2) is 24.6 Å². The molecule has 9 heteroatoms. The smallest absolute Gasteiger partial charge is 0.167 e. The number of anilines is 1. The van der Waals surface area contributed by atoms with Crippen LogP contribution in [0.25, 0.3) is 11.2 Å². The molecule has 2 aromatic heterocycles. The number of hydrogen-bond acceptors (Lipinski definition) is 7. The predicted molar refractivity (Wildman–Crippen MR) is 65.9 cm³/mol. The van der Waals surface area contributed by atoms with E-state index in [1.807, 2.05) is 0 Å². The lowest BCUT2D eigenvalue weighted by Gasteiger charge is -2.13. The van der Waals surface area contributed by atoms with Crippen molar-refractivity contribution in [1.29, 1.82) is 0 Å². The lowest BCUT2D eigenvalue weighted by atomic mass is 10.1. The van der Waals surface area contributed by atoms with Crippen molar-refractivity contribution in [2.75, 3.05) is 12.3 Å². The zero-order chi connectivity index (χ0) is 14.3. The zero-order valence-corrected chi connectivity index (χ0v) is 10.2. The van der Waals surface area contributed by atoms with Crippen molar-refractivity contribution < 1.29 is 19.3 Å². The van der Waals surface area contributed by atoms with E-state index >= 15 is 0 Å². The average molecular weight is 281 g/mol. The number of nitrogens with two attached hydrogens (primary N) is 1. The zero-order valence-electron chi connectivity index (χ0n) is 10.2. The average Bonchev–Trinajstić information content (AvgIpc) is 3.00. The molecule has 4 N–H and O–H groups in total. The summed E-state index contributed by atoms with van der Waals surface area (Å²) >= 11 is 0. The molecule has 20 heavy (non-hydrogen) atoms. The molecule has 0 bridgehead atoms. The number of aliphatic hydroxyl groups excluding tert-OH is 2. The van der Waals surface area contributed by atoms with Crippen molar-refractivity contribution in [2.24, 2.45) is 0 Å². The fourth-order valence-corrected chi connectivity index (χ4v) is 2.21. The molecule has 106 valence electrons. The summed E-state index contributed by atoms with van der Waals surface area (Å²) in [7, 11) is 0. The number of ether oxygens (including phenoxy) is 1. The molecule has 3 atom stereocenters. The molecule has 0 aromatic carbocycles. The van der Waals surface area contributed by atoms with E-state index in [2.05, 4.69) is 15.0 Å². The molecule has 0 unspecified atom stereocenters. The van der Waals surface area contributed by atoms with Gasteiger partial charge in [-0.1, -0.05) is 0 Å². The van der Waals surface area contributed by atoms with E-state index in [0.717, 1.165) is 0 Å². The van der Waals surface area contributed by atoms with E-state index in [0.29, 0.717) is 11.2 Å². The summed E-state index contributed by atoms with van der Waals surface area (Å²) in [6.07, 6.45) is -0.182. The van der Waals surface area contributed by atoms with E-state index < -0.39 is 25.0 Å². The first kappa shape index (κ1) is 12.9. The highest BCUT2D eigenvalue weighted by Gasteiger charge is 2.40. The second-order valence-corrected chi connectivity index (χ2v) is 4.35. The first-order chi connectivity index (χ1) is 9.67. The minimum Gasteiger partial charge on any atom is -0.394 e. The number of nitrogens with zero attached hydrogens (tertiary/aromatic N) is 4. The minimum atomic E-state index is -1.23. The lowest BCUT2D eigenvalue weighted by molar-refractivity contribution is -0.0422. The van der Waals surface area contributed by atoms with Crippen molar-refractivity contribution in [1.82, 2.24) is 19.5 Å². The summed E-state index contributed by atoms with van der Waals surface area (Å²) < 4.78 is 19.9. The van der Waals surface area contributed by atoms with Gasteiger partial charge in [-0.2, -0.15) is 0 Å². The van der Waals surface area contributed by atoms with Gasteiger partial charge in [-0.25, -0.2) is 19.3 Å². The number of hydrogen-bond donors (Lipinski definition) is 3. The van der Waals surface area contributed by atoms with Crippen LogP contribution in [0.3, 0.4) is 0 Å². The van der Waals surface area contributed by atoms with Crippen LogP contribution in [0, 0.1) is 0 Å². The fourth-order valence-electron chi connectivity index (χ4n) is 2.21. The number of aliphatic hydroxyl groups is 2. The molecule has 1 aliphatic heterocycles. The molecule has 0 radical (unpaired) electrons. The highest BCUT2D eigenvalue weighted by atomic mass is 19.1. The third-order valence-corrected chi connectivity index (χ3v) is 3.23. The second-order valence-electron chi connectivity index (χ2n) is 4.35. The molecule has 1 aliphatic rings. The summed E-state index contributed by atoms with van der Waals surface area (Å²) in [4.78, 5) is 11.9. The molecule has 0 saturated carbocycles. The highest BCUT2D eigenvalue weighted by Crippen LogP contribution is 2.36. The number of halogens is 1. The maximum absolute atomic E-state index is 13.0. The Balaban J connectivity index is 2.09. The van der Waals surface area contributed by atoms with Crippen LogP contribution in [0.5, 0.6) is 0 Å². The van der Waals surface area contributed by atoms with Gasteiger partial charge in [0.05, 0.1) is 19.3 Å². The van der Waals surface area contributed by atoms with Gasteiger partial charge >= 0.3 is 0 Å². The number of aromatic nitrogens is 4.